The molecule has 0 aromatic carbocycles. The zero-order valence-corrected chi connectivity index (χ0v) is 50.2. The first-order valence-corrected chi connectivity index (χ1v) is 32.4. The molecule has 5 aliphatic heterocycles. The van der Waals surface area contributed by atoms with Crippen LogP contribution in [0, 0.1) is 0 Å². The molecule has 472 valence electrons. The number of epoxide rings is 5. The van der Waals surface area contributed by atoms with Gasteiger partial charge in [-0.25, -0.2) is 4.79 Å². The minimum absolute atomic E-state index is 0.0733. The average Bonchev–Trinajstić information content (AvgIpc) is 4.30. The summed E-state index contributed by atoms with van der Waals surface area (Å²) in [4.78, 5) is 74.0. The van der Waals surface area contributed by atoms with E-state index in [1.807, 2.05) is 6.92 Å². The Hall–Kier alpha value is -3.46. The van der Waals surface area contributed by atoms with E-state index in [0.29, 0.717) is 80.9 Å². The van der Waals surface area contributed by atoms with Crippen molar-refractivity contribution < 1.29 is 91.8 Å². The van der Waals surface area contributed by atoms with Gasteiger partial charge < -0.3 is 63.1 Å². The van der Waals surface area contributed by atoms with Gasteiger partial charge in [0.25, 0.3) is 0 Å². The Balaban J connectivity index is 0.914. The summed E-state index contributed by atoms with van der Waals surface area (Å²) in [6, 6.07) is 0. The number of carbonyl (C=O) groups is 6. The number of esters is 4. The van der Waals surface area contributed by atoms with E-state index < -0.39 is 66.6 Å². The summed E-state index contributed by atoms with van der Waals surface area (Å²) in [6.45, 7) is 6.05. The molecule has 5 fully saturated rings. The van der Waals surface area contributed by atoms with E-state index in [-0.39, 0.29) is 57.1 Å². The zero-order valence-electron chi connectivity index (χ0n) is 50.2. The summed E-state index contributed by atoms with van der Waals surface area (Å²) < 4.78 is 51.6. The maximum Gasteiger partial charge on any atom is 0.336 e. The van der Waals surface area contributed by atoms with Crippen LogP contribution in [0.4, 0.5) is 0 Å². The van der Waals surface area contributed by atoms with Crippen molar-refractivity contribution in [1.82, 2.24) is 0 Å². The van der Waals surface area contributed by atoms with Gasteiger partial charge in [-0.2, -0.15) is 0 Å². The smallest absolute Gasteiger partial charge is 0.336 e. The van der Waals surface area contributed by atoms with Gasteiger partial charge in [0.05, 0.1) is 80.0 Å². The van der Waals surface area contributed by atoms with Gasteiger partial charge in [0.15, 0.2) is 11.7 Å². The molecule has 5 aliphatic rings. The van der Waals surface area contributed by atoms with Crippen LogP contribution in [0.3, 0.4) is 0 Å². The van der Waals surface area contributed by atoms with E-state index >= 15 is 0 Å². The highest BCUT2D eigenvalue weighted by molar-refractivity contribution is 5.88. The van der Waals surface area contributed by atoms with Crippen LogP contribution in [0.15, 0.2) is 0 Å². The predicted octanol–water partition coefficient (Wildman–Crippen LogP) is 10.9. The molecule has 0 spiro atoms. The molecule has 0 aromatic rings. The molecule has 5 heterocycles. The average molecular weight is 1170 g/mol. The lowest BCUT2D eigenvalue weighted by Gasteiger charge is -2.25. The van der Waals surface area contributed by atoms with Crippen LogP contribution < -0.4 is 0 Å². The van der Waals surface area contributed by atoms with Gasteiger partial charge in [0.2, 0.25) is 0 Å². The van der Waals surface area contributed by atoms with E-state index in [9.17, 15) is 44.1 Å². The summed E-state index contributed by atoms with van der Waals surface area (Å²) >= 11 is 0. The summed E-state index contributed by atoms with van der Waals surface area (Å²) in [7, 11) is 0. The number of carbonyl (C=O) groups excluding carboxylic acids is 4. The topological polar surface area (TPSA) is 283 Å². The predicted molar refractivity (Wildman–Crippen MR) is 304 cm³/mol. The molecule has 82 heavy (non-hydrogen) atoms. The van der Waals surface area contributed by atoms with Crippen molar-refractivity contribution in [2.45, 2.75) is 350 Å². The standard InChI is InChI=1S/C63H106O19/c1-4-7-19-28-46(82-61(70)41-63(73,62(71)72)40-57(65)66)45(64)37-52-47(77-52)31-22-13-10-16-25-34-58(67)74-42-44(76-60(69)36-27-18-12-15-24-33-51-56(81-51)39-54-49(79-54)30-21-9-6-3)43-75-59(68)35-26-17-11-14-23-32-50-55(80-50)38-53-48(78-53)29-20-8-5-2/h44-56,64,73H,4-43H2,1-3H3,(H,65,66)(H,71,72). The van der Waals surface area contributed by atoms with Gasteiger partial charge in [-0.15, -0.1) is 0 Å². The highest BCUT2D eigenvalue weighted by Crippen LogP contribution is 2.41. The highest BCUT2D eigenvalue weighted by atomic mass is 16.6. The third-order valence-corrected chi connectivity index (χ3v) is 16.9. The minimum atomic E-state index is -2.83. The normalized spacial score (nSPS) is 25.7. The molecule has 0 radical (unpaired) electrons. The number of aliphatic hydroxyl groups is 2. The van der Waals surface area contributed by atoms with Crippen molar-refractivity contribution in [2.75, 3.05) is 13.2 Å². The Morgan fingerprint density at radius 3 is 1.21 bits per heavy atom. The number of unbranched alkanes of at least 4 members (excludes halogenated alkanes) is 18. The van der Waals surface area contributed by atoms with Crippen LogP contribution in [0.1, 0.15) is 265 Å². The van der Waals surface area contributed by atoms with Crippen LogP contribution >= 0.6 is 0 Å². The number of aliphatic carboxylic acids is 2. The second-order valence-corrected chi connectivity index (χ2v) is 24.3. The van der Waals surface area contributed by atoms with Crippen LogP contribution in [0.25, 0.3) is 0 Å². The van der Waals surface area contributed by atoms with E-state index in [1.54, 1.807) is 0 Å². The van der Waals surface area contributed by atoms with E-state index in [0.717, 1.165) is 128 Å². The number of carboxylic acid groups (broad SMARTS) is 2. The SMILES string of the molecule is CCCCCC(OC(=O)CC(O)(CC(=O)O)C(=O)O)C(O)CC1OC1CCCCCCCC(=O)OCC(COC(=O)CCCCCCCC1OC1CC1OC1CCCCC)OC(=O)CCCCCCCC1OC1CC1OC1CCCCC. The van der Waals surface area contributed by atoms with Crippen LogP contribution in [0.5, 0.6) is 0 Å². The third kappa shape index (κ3) is 29.6. The maximum absolute atomic E-state index is 13.0. The monoisotopic (exact) mass is 1170 g/mol. The molecule has 5 rings (SSSR count). The number of hydrogen-bond acceptors (Lipinski definition) is 17. The van der Waals surface area contributed by atoms with Crippen molar-refractivity contribution >= 4 is 35.8 Å². The van der Waals surface area contributed by atoms with Crippen molar-refractivity contribution in [2.24, 2.45) is 0 Å². The number of rotatable bonds is 54. The molecule has 0 amide bonds. The highest BCUT2D eigenvalue weighted by Gasteiger charge is 2.49. The summed E-state index contributed by atoms with van der Waals surface area (Å²) in [5, 5.41) is 39.7. The van der Waals surface area contributed by atoms with Crippen molar-refractivity contribution in [3.63, 3.8) is 0 Å². The van der Waals surface area contributed by atoms with Crippen LogP contribution in [-0.4, -0.2) is 154 Å². The van der Waals surface area contributed by atoms with Gasteiger partial charge >= 0.3 is 35.8 Å². The van der Waals surface area contributed by atoms with Crippen molar-refractivity contribution in [3.8, 4) is 0 Å². The van der Waals surface area contributed by atoms with E-state index in [1.165, 1.54) is 44.9 Å². The van der Waals surface area contributed by atoms with Crippen molar-refractivity contribution in [3.05, 3.63) is 0 Å². The van der Waals surface area contributed by atoms with E-state index in [4.69, 9.17) is 47.7 Å². The Labute approximate surface area is 489 Å². The molecular weight excluding hydrogens is 1060 g/mol. The third-order valence-electron chi connectivity index (χ3n) is 16.9. The molecule has 19 heteroatoms. The fourth-order valence-corrected chi connectivity index (χ4v) is 11.4. The second kappa shape index (κ2) is 38.6. The second-order valence-electron chi connectivity index (χ2n) is 24.3. The van der Waals surface area contributed by atoms with Gasteiger partial charge in [-0.3, -0.25) is 24.0 Å². The zero-order chi connectivity index (χ0) is 59.1. The van der Waals surface area contributed by atoms with Crippen LogP contribution in [-0.2, 0) is 71.4 Å². The lowest BCUT2D eigenvalue weighted by Crippen LogP contribution is -2.44. The molecular formula is C63H106O19. The first-order chi connectivity index (χ1) is 39.6. The molecule has 19 nitrogen and oxygen atoms in total. The van der Waals surface area contributed by atoms with Gasteiger partial charge in [0.1, 0.15) is 19.3 Å². The summed E-state index contributed by atoms with van der Waals surface area (Å²) in [5.74, 6) is -5.75. The van der Waals surface area contributed by atoms with Gasteiger partial charge in [-0.05, 0) is 64.2 Å². The lowest BCUT2D eigenvalue weighted by molar-refractivity contribution is -0.176. The van der Waals surface area contributed by atoms with Crippen LogP contribution in [0.2, 0.25) is 0 Å². The number of ether oxygens (including phenoxy) is 9. The molecule has 0 bridgehead atoms. The van der Waals surface area contributed by atoms with Gasteiger partial charge in [-0.1, -0.05) is 149 Å². The fourth-order valence-electron chi connectivity index (χ4n) is 11.4. The Kier molecular flexibility index (Phi) is 32.6. The molecule has 0 aliphatic carbocycles. The number of carboxylic acids is 2. The first-order valence-electron chi connectivity index (χ1n) is 32.4. The summed E-state index contributed by atoms with van der Waals surface area (Å²) in [6.07, 6.45) is 29.3. The quantitative estimate of drug-likeness (QED) is 0.0191. The molecule has 0 aromatic heterocycles. The van der Waals surface area contributed by atoms with Gasteiger partial charge in [0, 0.05) is 38.5 Å². The number of aliphatic hydroxyl groups excluding tert-OH is 1. The number of hydrogen-bond donors (Lipinski definition) is 4. The van der Waals surface area contributed by atoms with Crippen molar-refractivity contribution in [1.29, 1.82) is 0 Å². The Bertz CT molecular complexity index is 1870. The largest absolute Gasteiger partial charge is 0.481 e. The summed E-state index contributed by atoms with van der Waals surface area (Å²) in [5.41, 5.74) is -2.83. The lowest BCUT2D eigenvalue weighted by atomic mass is 9.95. The Morgan fingerprint density at radius 2 is 0.793 bits per heavy atom. The molecule has 14 atom stereocenters. The maximum atomic E-state index is 13.0. The Morgan fingerprint density at radius 1 is 0.427 bits per heavy atom. The molecule has 5 saturated heterocycles. The molecule has 14 unspecified atom stereocenters. The van der Waals surface area contributed by atoms with E-state index in [2.05, 4.69) is 13.8 Å². The first kappa shape index (κ1) is 69.3. The minimum Gasteiger partial charge on any atom is -0.481 e. The molecule has 0 saturated carbocycles. The molecule has 4 N–H and O–H groups in total. The fraction of sp³-hybridized carbons (Fsp3) is 0.905.